The smallest absolute Gasteiger partial charge is 1.00 e. The predicted molar refractivity (Wildman–Crippen MR) is 21.2 cm³/mol. The minimum Gasteiger partial charge on any atom is -1.00 e. The van der Waals surface area contributed by atoms with Crippen LogP contribution in [0.15, 0.2) is 0 Å². The Morgan fingerprint density at radius 3 is 1.50 bits per heavy atom. The van der Waals surface area contributed by atoms with Crippen LogP contribution in [0.2, 0.25) is 0 Å². The Bertz CT molecular complexity index is 25.5. The Kier molecular flexibility index (Phi) is 116. The fraction of sp³-hybridized carbons (Fsp3) is 0. The van der Waals surface area contributed by atoms with E-state index >= 15 is 0 Å². The van der Waals surface area contributed by atoms with E-state index in [0.717, 1.165) is 0 Å². The molecule has 0 unspecified atom stereocenters. The van der Waals surface area contributed by atoms with Crippen molar-refractivity contribution >= 4 is 23.5 Å². The van der Waals surface area contributed by atoms with E-state index in [2.05, 4.69) is 0 Å². The molecule has 6 heavy (non-hydrogen) atoms. The summed E-state index contributed by atoms with van der Waals surface area (Å²) in [5, 5.41) is 6.89. The maximum atomic E-state index is 8.36. The van der Waals surface area contributed by atoms with Crippen molar-refractivity contribution < 1.29 is 71.9 Å². The summed E-state index contributed by atoms with van der Waals surface area (Å²) in [7, 11) is 0. The van der Waals surface area contributed by atoms with E-state index in [1.54, 1.807) is 0 Å². The summed E-state index contributed by atoms with van der Waals surface area (Å²) < 4.78 is 0. The summed E-state index contributed by atoms with van der Waals surface area (Å²) in [6, 6.07) is 0. The molecule has 0 amide bonds. The molecule has 0 saturated heterocycles. The van der Waals surface area contributed by atoms with Crippen LogP contribution < -0.4 is 59.1 Å². The minimum absolute atomic E-state index is 0. The standard InChI is InChI=1S/CH2O2.BrH.2Na.2H/c2-1-3;;;;;/h1H,(H,2,3);1H;;;;/q;;2*+1;2*-1. The number of rotatable bonds is 0. The van der Waals surface area contributed by atoms with Crippen molar-refractivity contribution in [2.24, 2.45) is 0 Å². The minimum atomic E-state index is -0.250. The molecule has 1 N–H and O–H groups in total. The molecule has 2 nitrogen and oxygen atoms in total. The summed E-state index contributed by atoms with van der Waals surface area (Å²) in [5.74, 6) is 0. The van der Waals surface area contributed by atoms with Gasteiger partial charge >= 0.3 is 59.1 Å². The molecule has 0 aromatic rings. The van der Waals surface area contributed by atoms with Gasteiger partial charge in [-0.1, -0.05) is 0 Å². The first-order valence-corrected chi connectivity index (χ1v) is 0.494. The molecule has 0 rings (SSSR count). The largest absolute Gasteiger partial charge is 1.00 e. The first-order valence-electron chi connectivity index (χ1n) is 0.494. The van der Waals surface area contributed by atoms with Gasteiger partial charge in [-0.2, -0.15) is 0 Å². The zero-order valence-corrected chi connectivity index (χ0v) is 9.55. The van der Waals surface area contributed by atoms with Crippen molar-refractivity contribution in [2.75, 3.05) is 0 Å². The average molecular weight is 175 g/mol. The van der Waals surface area contributed by atoms with Crippen LogP contribution in [0.1, 0.15) is 2.85 Å². The molecule has 0 aliphatic heterocycles. The van der Waals surface area contributed by atoms with Gasteiger partial charge in [-0.05, 0) is 0 Å². The third-order valence-electron chi connectivity index (χ3n) is 0. The zero-order valence-electron chi connectivity index (χ0n) is 5.84. The summed E-state index contributed by atoms with van der Waals surface area (Å²) in [6.07, 6.45) is 0. The third-order valence-corrected chi connectivity index (χ3v) is 0. The van der Waals surface area contributed by atoms with Gasteiger partial charge in [0.05, 0.1) is 0 Å². The zero-order chi connectivity index (χ0) is 2.71. The molecule has 0 aromatic heterocycles. The van der Waals surface area contributed by atoms with Gasteiger partial charge in [0.2, 0.25) is 0 Å². The molecule has 0 aliphatic rings. The number of carboxylic acid groups (broad SMARTS) is 1. The molecule has 0 aromatic carbocycles. The molecule has 5 heteroatoms. The van der Waals surface area contributed by atoms with Crippen LogP contribution in [-0.4, -0.2) is 11.6 Å². The maximum Gasteiger partial charge on any atom is 1.00 e. The van der Waals surface area contributed by atoms with Gasteiger partial charge in [0.25, 0.3) is 6.47 Å². The van der Waals surface area contributed by atoms with E-state index in [4.69, 9.17) is 9.90 Å². The Hall–Kier alpha value is 1.95. The molecule has 30 valence electrons. The van der Waals surface area contributed by atoms with E-state index < -0.39 is 0 Å². The van der Waals surface area contributed by atoms with Crippen LogP contribution in [-0.2, 0) is 4.79 Å². The van der Waals surface area contributed by atoms with Crippen LogP contribution in [0.4, 0.5) is 0 Å². The molecule has 0 spiro atoms. The number of hydrogen-bond donors (Lipinski definition) is 1. The van der Waals surface area contributed by atoms with Gasteiger partial charge in [0, 0.05) is 0 Å². The molecular formula is CH5BrNa2O2. The Morgan fingerprint density at radius 2 is 1.50 bits per heavy atom. The fourth-order valence-electron chi connectivity index (χ4n) is 0. The number of carbonyl (C=O) groups is 1. The van der Waals surface area contributed by atoms with Crippen molar-refractivity contribution in [1.29, 1.82) is 0 Å². The topological polar surface area (TPSA) is 37.3 Å². The third kappa shape index (κ3) is 38.3. The second-order valence-electron chi connectivity index (χ2n) is 0.105. The molecule has 0 fully saturated rings. The summed E-state index contributed by atoms with van der Waals surface area (Å²) in [4.78, 5) is 8.36. The van der Waals surface area contributed by atoms with Crippen molar-refractivity contribution in [3.8, 4) is 0 Å². The van der Waals surface area contributed by atoms with Crippen molar-refractivity contribution in [2.45, 2.75) is 0 Å². The van der Waals surface area contributed by atoms with Crippen molar-refractivity contribution in [3.05, 3.63) is 0 Å². The molecule has 0 atom stereocenters. The summed E-state index contributed by atoms with van der Waals surface area (Å²) >= 11 is 0. The van der Waals surface area contributed by atoms with E-state index in [1.807, 2.05) is 0 Å². The van der Waals surface area contributed by atoms with E-state index in [-0.39, 0.29) is 85.4 Å². The van der Waals surface area contributed by atoms with Gasteiger partial charge in [0.15, 0.2) is 0 Å². The normalized spacial score (nSPS) is 2.00. The SMILES string of the molecule is Br.O=CO.[H-].[H-].[Na+].[Na+]. The molecule has 0 aliphatic carbocycles. The molecule has 0 heterocycles. The van der Waals surface area contributed by atoms with Gasteiger partial charge < -0.3 is 7.96 Å². The second-order valence-corrected chi connectivity index (χ2v) is 0.105. The van der Waals surface area contributed by atoms with Crippen LogP contribution in [0.3, 0.4) is 0 Å². The predicted octanol–water partition coefficient (Wildman–Crippen LogP) is -5.49. The average Bonchev–Trinajstić information content (AvgIpc) is 0.918. The van der Waals surface area contributed by atoms with Gasteiger partial charge in [-0.15, -0.1) is 17.0 Å². The number of halogens is 1. The monoisotopic (exact) mass is 174 g/mol. The molecule has 0 radical (unpaired) electrons. The fourth-order valence-corrected chi connectivity index (χ4v) is 0. The van der Waals surface area contributed by atoms with E-state index in [1.165, 1.54) is 0 Å². The van der Waals surface area contributed by atoms with Gasteiger partial charge in [-0.25, -0.2) is 0 Å². The Balaban J connectivity index is -0.00000000200. The van der Waals surface area contributed by atoms with E-state index in [9.17, 15) is 0 Å². The first kappa shape index (κ1) is 24.6. The van der Waals surface area contributed by atoms with E-state index in [0.29, 0.717) is 0 Å². The second kappa shape index (κ2) is 28.3. The quantitative estimate of drug-likeness (QED) is 0.294. The van der Waals surface area contributed by atoms with Crippen LogP contribution >= 0.6 is 17.0 Å². The molecular weight excluding hydrogens is 170 g/mol. The number of hydrogen-bond acceptors (Lipinski definition) is 1. The van der Waals surface area contributed by atoms with Gasteiger partial charge in [0.1, 0.15) is 0 Å². The van der Waals surface area contributed by atoms with Crippen LogP contribution in [0.5, 0.6) is 0 Å². The Morgan fingerprint density at radius 1 is 1.50 bits per heavy atom. The summed E-state index contributed by atoms with van der Waals surface area (Å²) in [6.45, 7) is -0.250. The van der Waals surface area contributed by atoms with Gasteiger partial charge in [-0.3, -0.25) is 4.79 Å². The Labute approximate surface area is 94.0 Å². The molecule has 0 bridgehead atoms. The molecule has 0 saturated carbocycles. The van der Waals surface area contributed by atoms with Crippen LogP contribution in [0, 0.1) is 0 Å². The van der Waals surface area contributed by atoms with Crippen molar-refractivity contribution in [3.63, 3.8) is 0 Å². The summed E-state index contributed by atoms with van der Waals surface area (Å²) in [5.41, 5.74) is 0. The van der Waals surface area contributed by atoms with Crippen molar-refractivity contribution in [1.82, 2.24) is 0 Å². The maximum absolute atomic E-state index is 8.36. The van der Waals surface area contributed by atoms with Crippen LogP contribution in [0.25, 0.3) is 0 Å². The first-order chi connectivity index (χ1) is 1.41.